The highest BCUT2D eigenvalue weighted by Gasteiger charge is 2.19. The largest absolute Gasteiger partial charge is 0.506 e. The molecule has 0 radical (unpaired) electrons. The number of phenols is 1. The first kappa shape index (κ1) is 21.5. The number of anilines is 2. The molecule has 7 nitrogen and oxygen atoms in total. The van der Waals surface area contributed by atoms with E-state index in [4.69, 9.17) is 21.1 Å². The van der Waals surface area contributed by atoms with Gasteiger partial charge in [-0.3, -0.25) is 0 Å². The number of hydrogen-bond acceptors (Lipinski definition) is 7. The van der Waals surface area contributed by atoms with E-state index in [1.165, 1.54) is 6.33 Å². The third-order valence-corrected chi connectivity index (χ3v) is 6.19. The standard InChI is InChI=1S/C23H27ClN4O3/c1-14-4-5-17(21(24)22(14)29)27-23-16-10-19(30-3)20(11-18(16)25-13-26-23)31-12-15-6-8-28(2)9-7-15/h4-5,10-11,13,15,29H,6-9,12H2,1-3H3,(H,25,26,27). The Morgan fingerprint density at radius 1 is 1.19 bits per heavy atom. The lowest BCUT2D eigenvalue weighted by molar-refractivity contribution is 0.157. The first-order valence-corrected chi connectivity index (χ1v) is 10.7. The number of phenolic OH excluding ortho intramolecular Hbond substituents is 1. The summed E-state index contributed by atoms with van der Waals surface area (Å²) in [4.78, 5) is 11.1. The smallest absolute Gasteiger partial charge is 0.163 e. The summed E-state index contributed by atoms with van der Waals surface area (Å²) in [6.45, 7) is 4.65. The highest BCUT2D eigenvalue weighted by molar-refractivity contribution is 6.35. The second-order valence-electron chi connectivity index (χ2n) is 8.02. The predicted octanol–water partition coefficient (Wildman–Crippen LogP) is 4.77. The van der Waals surface area contributed by atoms with E-state index < -0.39 is 0 Å². The number of piperidine rings is 1. The molecule has 2 N–H and O–H groups in total. The van der Waals surface area contributed by atoms with Crippen molar-refractivity contribution in [3.05, 3.63) is 41.2 Å². The number of hydrogen-bond donors (Lipinski definition) is 2. The van der Waals surface area contributed by atoms with Gasteiger partial charge < -0.3 is 24.8 Å². The normalized spacial score (nSPS) is 15.2. The van der Waals surface area contributed by atoms with Crippen LogP contribution in [0.5, 0.6) is 17.2 Å². The molecule has 4 rings (SSSR count). The van der Waals surface area contributed by atoms with E-state index in [-0.39, 0.29) is 10.8 Å². The molecule has 1 aromatic heterocycles. The van der Waals surface area contributed by atoms with Crippen molar-refractivity contribution in [3.8, 4) is 17.2 Å². The minimum Gasteiger partial charge on any atom is -0.506 e. The number of halogens is 1. The molecule has 0 bridgehead atoms. The third-order valence-electron chi connectivity index (χ3n) is 5.80. The molecule has 0 saturated carbocycles. The number of nitrogens with one attached hydrogen (secondary N) is 1. The lowest BCUT2D eigenvalue weighted by Crippen LogP contribution is -2.32. The van der Waals surface area contributed by atoms with Gasteiger partial charge in [0.25, 0.3) is 0 Å². The van der Waals surface area contributed by atoms with Crippen LogP contribution in [0.25, 0.3) is 10.9 Å². The van der Waals surface area contributed by atoms with Gasteiger partial charge in [0.1, 0.15) is 22.9 Å². The molecule has 31 heavy (non-hydrogen) atoms. The minimum atomic E-state index is 0.0483. The predicted molar refractivity (Wildman–Crippen MR) is 123 cm³/mol. The summed E-state index contributed by atoms with van der Waals surface area (Å²) in [6.07, 6.45) is 3.75. The molecule has 164 valence electrons. The molecular weight excluding hydrogens is 416 g/mol. The van der Waals surface area contributed by atoms with Gasteiger partial charge in [-0.25, -0.2) is 9.97 Å². The number of fused-ring (bicyclic) bond motifs is 1. The molecule has 0 unspecified atom stereocenters. The van der Waals surface area contributed by atoms with E-state index in [1.807, 2.05) is 18.2 Å². The molecule has 1 saturated heterocycles. The van der Waals surface area contributed by atoms with Crippen molar-refractivity contribution in [2.24, 2.45) is 5.92 Å². The summed E-state index contributed by atoms with van der Waals surface area (Å²) < 4.78 is 11.7. The maximum absolute atomic E-state index is 10.1. The number of ether oxygens (including phenoxy) is 2. The second kappa shape index (κ2) is 9.16. The summed E-state index contributed by atoms with van der Waals surface area (Å²) >= 11 is 6.30. The Kier molecular flexibility index (Phi) is 6.34. The van der Waals surface area contributed by atoms with Gasteiger partial charge in [0.2, 0.25) is 0 Å². The summed E-state index contributed by atoms with van der Waals surface area (Å²) in [5, 5.41) is 14.3. The van der Waals surface area contributed by atoms with Gasteiger partial charge in [-0.05, 0) is 63.5 Å². The topological polar surface area (TPSA) is 79.7 Å². The quantitative estimate of drug-likeness (QED) is 0.569. The highest BCUT2D eigenvalue weighted by Crippen LogP contribution is 2.38. The lowest BCUT2D eigenvalue weighted by Gasteiger charge is -2.28. The Morgan fingerprint density at radius 3 is 2.71 bits per heavy atom. The van der Waals surface area contributed by atoms with Crippen molar-refractivity contribution >= 4 is 34.0 Å². The number of benzene rings is 2. The fourth-order valence-electron chi connectivity index (χ4n) is 3.76. The number of methoxy groups -OCH3 is 1. The number of likely N-dealkylation sites (tertiary alicyclic amines) is 1. The fraction of sp³-hybridized carbons (Fsp3) is 0.391. The average molecular weight is 443 g/mol. The van der Waals surface area contributed by atoms with Crippen molar-refractivity contribution < 1.29 is 14.6 Å². The van der Waals surface area contributed by atoms with Crippen LogP contribution < -0.4 is 14.8 Å². The molecule has 3 aromatic rings. The number of rotatable bonds is 6. The molecule has 0 atom stereocenters. The van der Waals surface area contributed by atoms with Gasteiger partial charge in [-0.2, -0.15) is 0 Å². The SMILES string of the molecule is COc1cc2c(Nc3ccc(C)c(O)c3Cl)ncnc2cc1OCC1CCN(C)CC1. The van der Waals surface area contributed by atoms with Gasteiger partial charge >= 0.3 is 0 Å². The van der Waals surface area contributed by atoms with Crippen LogP contribution in [0.1, 0.15) is 18.4 Å². The molecular formula is C23H27ClN4O3. The molecule has 1 aliphatic heterocycles. The van der Waals surface area contributed by atoms with E-state index in [2.05, 4.69) is 27.2 Å². The molecule has 0 aliphatic carbocycles. The van der Waals surface area contributed by atoms with Crippen molar-refractivity contribution in [1.82, 2.24) is 14.9 Å². The molecule has 2 heterocycles. The van der Waals surface area contributed by atoms with Crippen LogP contribution in [0.3, 0.4) is 0 Å². The first-order valence-electron chi connectivity index (χ1n) is 10.4. The van der Waals surface area contributed by atoms with Crippen LogP contribution in [0.15, 0.2) is 30.6 Å². The van der Waals surface area contributed by atoms with Crippen LogP contribution >= 0.6 is 11.6 Å². The van der Waals surface area contributed by atoms with E-state index in [0.29, 0.717) is 41.1 Å². The maximum atomic E-state index is 10.1. The Bertz CT molecular complexity index is 1080. The Labute approximate surface area is 187 Å². The monoisotopic (exact) mass is 442 g/mol. The zero-order valence-electron chi connectivity index (χ0n) is 18.0. The molecule has 0 spiro atoms. The van der Waals surface area contributed by atoms with Gasteiger partial charge in [0.15, 0.2) is 11.5 Å². The first-order chi connectivity index (χ1) is 15.0. The molecule has 2 aromatic carbocycles. The average Bonchev–Trinajstić information content (AvgIpc) is 2.78. The van der Waals surface area contributed by atoms with Gasteiger partial charge in [0, 0.05) is 11.5 Å². The zero-order chi connectivity index (χ0) is 22.0. The van der Waals surface area contributed by atoms with Gasteiger partial charge in [-0.15, -0.1) is 0 Å². The molecule has 1 aliphatic rings. The maximum Gasteiger partial charge on any atom is 0.163 e. The number of aromatic hydroxyl groups is 1. The van der Waals surface area contributed by atoms with E-state index >= 15 is 0 Å². The highest BCUT2D eigenvalue weighted by atomic mass is 35.5. The van der Waals surface area contributed by atoms with Crippen LogP contribution in [0, 0.1) is 12.8 Å². The Hall–Kier alpha value is -2.77. The molecule has 1 fully saturated rings. The van der Waals surface area contributed by atoms with Crippen LogP contribution in [0.2, 0.25) is 5.02 Å². The number of aromatic nitrogens is 2. The summed E-state index contributed by atoms with van der Waals surface area (Å²) in [5.41, 5.74) is 1.99. The lowest BCUT2D eigenvalue weighted by atomic mass is 9.98. The molecule has 0 amide bonds. The van der Waals surface area contributed by atoms with Crippen LogP contribution in [-0.4, -0.2) is 53.8 Å². The number of nitrogens with zero attached hydrogens (tertiary/aromatic N) is 3. The van der Waals surface area contributed by atoms with Crippen molar-refractivity contribution in [1.29, 1.82) is 0 Å². The zero-order valence-corrected chi connectivity index (χ0v) is 18.7. The van der Waals surface area contributed by atoms with E-state index in [1.54, 1.807) is 20.1 Å². The summed E-state index contributed by atoms with van der Waals surface area (Å²) in [7, 11) is 3.77. The van der Waals surface area contributed by atoms with Crippen molar-refractivity contribution in [2.45, 2.75) is 19.8 Å². The minimum absolute atomic E-state index is 0.0483. The van der Waals surface area contributed by atoms with Crippen LogP contribution in [-0.2, 0) is 0 Å². The second-order valence-corrected chi connectivity index (χ2v) is 8.40. The van der Waals surface area contributed by atoms with E-state index in [0.717, 1.165) is 36.8 Å². The van der Waals surface area contributed by atoms with Crippen molar-refractivity contribution in [2.75, 3.05) is 39.2 Å². The fourth-order valence-corrected chi connectivity index (χ4v) is 4.02. The van der Waals surface area contributed by atoms with E-state index in [9.17, 15) is 5.11 Å². The van der Waals surface area contributed by atoms with Crippen molar-refractivity contribution in [3.63, 3.8) is 0 Å². The summed E-state index contributed by atoms with van der Waals surface area (Å²) in [6, 6.07) is 7.35. The van der Waals surface area contributed by atoms with Gasteiger partial charge in [0.05, 0.1) is 24.9 Å². The van der Waals surface area contributed by atoms with Gasteiger partial charge in [-0.1, -0.05) is 17.7 Å². The number of aryl methyl sites for hydroxylation is 1. The molecule has 8 heteroatoms. The summed E-state index contributed by atoms with van der Waals surface area (Å²) in [5.74, 6) is 2.44. The third kappa shape index (κ3) is 4.62. The van der Waals surface area contributed by atoms with Crippen LogP contribution in [0.4, 0.5) is 11.5 Å². The Balaban J connectivity index is 1.60. The Morgan fingerprint density at radius 2 is 1.97 bits per heavy atom.